The van der Waals surface area contributed by atoms with Gasteiger partial charge in [0.15, 0.2) is 5.82 Å². The molecule has 0 saturated heterocycles. The van der Waals surface area contributed by atoms with E-state index in [1.165, 1.54) is 6.42 Å². The van der Waals surface area contributed by atoms with Crippen molar-refractivity contribution >= 4 is 17.3 Å². The fraction of sp³-hybridized carbons (Fsp3) is 0.500. The lowest BCUT2D eigenvalue weighted by molar-refractivity contribution is 0.328. The van der Waals surface area contributed by atoms with Crippen LogP contribution in [0.3, 0.4) is 0 Å². The molecule has 0 amide bonds. The first-order valence-corrected chi connectivity index (χ1v) is 7.29. The van der Waals surface area contributed by atoms with Crippen molar-refractivity contribution in [2.24, 2.45) is 11.8 Å². The van der Waals surface area contributed by atoms with Crippen LogP contribution in [-0.2, 0) is 0 Å². The number of aromatic nitrogens is 4. The molecule has 2 N–H and O–H groups in total. The van der Waals surface area contributed by atoms with Crippen LogP contribution in [0.1, 0.15) is 32.7 Å². The number of benzene rings is 1. The highest BCUT2D eigenvalue weighted by Gasteiger charge is 2.33. The molecule has 106 valence electrons. The van der Waals surface area contributed by atoms with Crippen LogP contribution < -0.4 is 5.73 Å². The number of halogens is 1. The van der Waals surface area contributed by atoms with Gasteiger partial charge in [0.2, 0.25) is 0 Å². The Morgan fingerprint density at radius 1 is 1.30 bits per heavy atom. The van der Waals surface area contributed by atoms with Crippen LogP contribution in [0, 0.1) is 11.8 Å². The summed E-state index contributed by atoms with van der Waals surface area (Å²) in [5, 5.41) is 12.8. The maximum Gasteiger partial charge on any atom is 0.183 e. The molecule has 1 aromatic heterocycles. The minimum absolute atomic E-state index is 0.326. The first kappa shape index (κ1) is 13.4. The third-order valence-electron chi connectivity index (χ3n) is 4.46. The van der Waals surface area contributed by atoms with Crippen LogP contribution in [0.25, 0.3) is 11.4 Å². The van der Waals surface area contributed by atoms with Gasteiger partial charge in [0.1, 0.15) is 0 Å². The number of hydrogen-bond donors (Lipinski definition) is 1. The van der Waals surface area contributed by atoms with E-state index in [0.29, 0.717) is 34.4 Å². The molecular weight excluding hydrogens is 274 g/mol. The summed E-state index contributed by atoms with van der Waals surface area (Å²) in [7, 11) is 0. The largest absolute Gasteiger partial charge is 0.399 e. The highest BCUT2D eigenvalue weighted by molar-refractivity contribution is 6.33. The monoisotopic (exact) mass is 291 g/mol. The highest BCUT2D eigenvalue weighted by atomic mass is 35.5. The van der Waals surface area contributed by atoms with Gasteiger partial charge in [0.25, 0.3) is 0 Å². The van der Waals surface area contributed by atoms with Gasteiger partial charge < -0.3 is 5.73 Å². The van der Waals surface area contributed by atoms with E-state index in [0.717, 1.165) is 12.0 Å². The summed E-state index contributed by atoms with van der Waals surface area (Å²) in [6, 6.07) is 5.72. The zero-order valence-corrected chi connectivity index (χ0v) is 12.4. The lowest BCUT2D eigenvalue weighted by atomic mass is 9.98. The van der Waals surface area contributed by atoms with E-state index in [-0.39, 0.29) is 0 Å². The number of nitrogens with two attached hydrogens (primary N) is 1. The first-order valence-electron chi connectivity index (χ1n) is 6.91. The minimum Gasteiger partial charge on any atom is -0.399 e. The molecule has 1 heterocycles. The van der Waals surface area contributed by atoms with E-state index in [9.17, 15) is 0 Å². The Bertz CT molecular complexity index is 624. The summed E-state index contributed by atoms with van der Waals surface area (Å²) in [4.78, 5) is 0. The summed E-state index contributed by atoms with van der Waals surface area (Å²) in [6.07, 6.45) is 2.30. The molecule has 3 unspecified atom stereocenters. The third kappa shape index (κ3) is 2.16. The number of tetrazole rings is 1. The molecule has 20 heavy (non-hydrogen) atoms. The summed E-state index contributed by atoms with van der Waals surface area (Å²) in [6.45, 7) is 4.54. The van der Waals surface area contributed by atoms with Crippen molar-refractivity contribution < 1.29 is 0 Å². The molecule has 0 bridgehead atoms. The van der Waals surface area contributed by atoms with Gasteiger partial charge in [-0.3, -0.25) is 0 Å². The van der Waals surface area contributed by atoms with Gasteiger partial charge in [-0.2, -0.15) is 0 Å². The van der Waals surface area contributed by atoms with Crippen molar-refractivity contribution in [3.8, 4) is 11.4 Å². The highest BCUT2D eigenvalue weighted by Crippen LogP contribution is 2.41. The van der Waals surface area contributed by atoms with Crippen molar-refractivity contribution in [1.29, 1.82) is 0 Å². The molecule has 0 aliphatic heterocycles. The SMILES string of the molecule is CC1CCC(n2nnnc2-c2cc(N)ccc2Cl)C1C. The summed E-state index contributed by atoms with van der Waals surface area (Å²) in [5.41, 5.74) is 7.30. The quantitative estimate of drug-likeness (QED) is 0.863. The van der Waals surface area contributed by atoms with E-state index in [4.69, 9.17) is 17.3 Å². The van der Waals surface area contributed by atoms with Gasteiger partial charge in [-0.05, 0) is 53.3 Å². The van der Waals surface area contributed by atoms with Crippen molar-refractivity contribution in [1.82, 2.24) is 20.2 Å². The van der Waals surface area contributed by atoms with E-state index >= 15 is 0 Å². The lowest BCUT2D eigenvalue weighted by Gasteiger charge is -2.19. The molecule has 3 atom stereocenters. The lowest BCUT2D eigenvalue weighted by Crippen LogP contribution is -2.17. The van der Waals surface area contributed by atoms with Crippen LogP contribution in [0.5, 0.6) is 0 Å². The predicted octanol–water partition coefficient (Wildman–Crippen LogP) is 3.18. The van der Waals surface area contributed by atoms with Crippen LogP contribution >= 0.6 is 11.6 Å². The maximum atomic E-state index is 6.27. The molecular formula is C14H18ClN5. The normalized spacial score (nSPS) is 26.1. The second-order valence-electron chi connectivity index (χ2n) is 5.67. The summed E-state index contributed by atoms with van der Waals surface area (Å²) in [5.74, 6) is 1.94. The van der Waals surface area contributed by atoms with Crippen LogP contribution in [0.4, 0.5) is 5.69 Å². The number of rotatable bonds is 2. The van der Waals surface area contributed by atoms with Crippen molar-refractivity contribution in [2.75, 3.05) is 5.73 Å². The zero-order chi connectivity index (χ0) is 14.3. The van der Waals surface area contributed by atoms with E-state index in [2.05, 4.69) is 29.4 Å². The van der Waals surface area contributed by atoms with Crippen molar-refractivity contribution in [2.45, 2.75) is 32.7 Å². The van der Waals surface area contributed by atoms with E-state index in [1.54, 1.807) is 12.1 Å². The van der Waals surface area contributed by atoms with Crippen LogP contribution in [-0.4, -0.2) is 20.2 Å². The molecule has 1 aliphatic carbocycles. The molecule has 0 spiro atoms. The van der Waals surface area contributed by atoms with Gasteiger partial charge in [-0.1, -0.05) is 25.4 Å². The number of anilines is 1. The second kappa shape index (κ2) is 5.05. The second-order valence-corrected chi connectivity index (χ2v) is 6.07. The average Bonchev–Trinajstić information content (AvgIpc) is 3.01. The van der Waals surface area contributed by atoms with Gasteiger partial charge in [-0.15, -0.1) is 5.10 Å². The Hall–Kier alpha value is -1.62. The molecule has 6 heteroatoms. The van der Waals surface area contributed by atoms with Gasteiger partial charge in [-0.25, -0.2) is 4.68 Å². The number of nitrogen functional groups attached to an aromatic ring is 1. The Morgan fingerprint density at radius 2 is 2.10 bits per heavy atom. The Labute approximate surface area is 123 Å². The molecule has 1 saturated carbocycles. The maximum absolute atomic E-state index is 6.27. The molecule has 1 aromatic carbocycles. The van der Waals surface area contributed by atoms with Crippen LogP contribution in [0.15, 0.2) is 18.2 Å². The van der Waals surface area contributed by atoms with E-state index in [1.807, 2.05) is 10.7 Å². The fourth-order valence-electron chi connectivity index (χ4n) is 2.99. The zero-order valence-electron chi connectivity index (χ0n) is 11.6. The number of hydrogen-bond acceptors (Lipinski definition) is 4. The smallest absolute Gasteiger partial charge is 0.183 e. The molecule has 3 rings (SSSR count). The predicted molar refractivity (Wildman–Crippen MR) is 79.3 cm³/mol. The van der Waals surface area contributed by atoms with Gasteiger partial charge in [0, 0.05) is 11.3 Å². The molecule has 0 radical (unpaired) electrons. The Balaban J connectivity index is 2.04. The van der Waals surface area contributed by atoms with Crippen molar-refractivity contribution in [3.05, 3.63) is 23.2 Å². The molecule has 1 fully saturated rings. The standard InChI is InChI=1S/C14H18ClN5/c1-8-3-6-13(9(8)2)20-14(17-18-19-20)11-7-10(16)4-5-12(11)15/h4-5,7-9,13H,3,6,16H2,1-2H3. The third-order valence-corrected chi connectivity index (χ3v) is 4.79. The first-order chi connectivity index (χ1) is 9.58. The Morgan fingerprint density at radius 3 is 2.80 bits per heavy atom. The molecule has 1 aliphatic rings. The summed E-state index contributed by atoms with van der Waals surface area (Å²) >= 11 is 6.27. The fourth-order valence-corrected chi connectivity index (χ4v) is 3.19. The van der Waals surface area contributed by atoms with Gasteiger partial charge >= 0.3 is 0 Å². The number of nitrogens with zero attached hydrogens (tertiary/aromatic N) is 4. The van der Waals surface area contributed by atoms with E-state index < -0.39 is 0 Å². The van der Waals surface area contributed by atoms with Crippen molar-refractivity contribution in [3.63, 3.8) is 0 Å². The molecule has 2 aromatic rings. The van der Waals surface area contributed by atoms with Gasteiger partial charge in [0.05, 0.1) is 11.1 Å². The van der Waals surface area contributed by atoms with Crippen LogP contribution in [0.2, 0.25) is 5.02 Å². The molecule has 5 nitrogen and oxygen atoms in total. The average molecular weight is 292 g/mol. The topological polar surface area (TPSA) is 69.6 Å². The summed E-state index contributed by atoms with van der Waals surface area (Å²) < 4.78 is 1.91. The minimum atomic E-state index is 0.326. The Kier molecular flexibility index (Phi) is 3.38.